The molecule has 1 aliphatic carbocycles. The van der Waals surface area contributed by atoms with Gasteiger partial charge in [-0.3, -0.25) is 0 Å². The van der Waals surface area contributed by atoms with Gasteiger partial charge in [0.25, 0.3) is 0 Å². The van der Waals surface area contributed by atoms with Gasteiger partial charge < -0.3 is 5.32 Å². The standard InChI is InChI=1S/C14H19F2N/c1-13(2)12(14(13,3)4)17-8-9-5-6-10(15)7-11(9)16/h5-7,12,17H,8H2,1-4H3. The molecule has 1 nitrogen and oxygen atoms in total. The fourth-order valence-corrected chi connectivity index (χ4v) is 2.58. The highest BCUT2D eigenvalue weighted by atomic mass is 19.1. The van der Waals surface area contributed by atoms with Crippen LogP contribution in [0, 0.1) is 22.5 Å². The predicted molar refractivity (Wildman–Crippen MR) is 64.5 cm³/mol. The molecular weight excluding hydrogens is 220 g/mol. The zero-order chi connectivity index (χ0) is 12.8. The van der Waals surface area contributed by atoms with Crippen LogP contribution in [0.15, 0.2) is 18.2 Å². The Morgan fingerprint density at radius 2 is 1.71 bits per heavy atom. The molecule has 0 spiro atoms. The smallest absolute Gasteiger partial charge is 0.130 e. The van der Waals surface area contributed by atoms with E-state index in [2.05, 4.69) is 33.0 Å². The number of hydrogen-bond acceptors (Lipinski definition) is 1. The van der Waals surface area contributed by atoms with Crippen LogP contribution in [0.25, 0.3) is 0 Å². The third-order valence-electron chi connectivity index (χ3n) is 4.53. The Morgan fingerprint density at radius 1 is 1.12 bits per heavy atom. The first-order chi connectivity index (χ1) is 7.76. The Kier molecular flexibility index (Phi) is 2.77. The van der Waals surface area contributed by atoms with Crippen LogP contribution in [0.3, 0.4) is 0 Å². The summed E-state index contributed by atoms with van der Waals surface area (Å²) < 4.78 is 26.2. The first-order valence-electron chi connectivity index (χ1n) is 5.94. The third-order valence-corrected chi connectivity index (χ3v) is 4.53. The van der Waals surface area contributed by atoms with Crippen molar-refractivity contribution in [2.24, 2.45) is 10.8 Å². The van der Waals surface area contributed by atoms with E-state index >= 15 is 0 Å². The summed E-state index contributed by atoms with van der Waals surface area (Å²) in [6.45, 7) is 9.25. The highest BCUT2D eigenvalue weighted by Gasteiger charge is 2.64. The molecule has 94 valence electrons. The summed E-state index contributed by atoms with van der Waals surface area (Å²) >= 11 is 0. The Balaban J connectivity index is 2.00. The van der Waals surface area contributed by atoms with Crippen LogP contribution >= 0.6 is 0 Å². The summed E-state index contributed by atoms with van der Waals surface area (Å²) in [5.74, 6) is -1.01. The van der Waals surface area contributed by atoms with Crippen molar-refractivity contribution in [1.29, 1.82) is 0 Å². The highest BCUT2D eigenvalue weighted by Crippen LogP contribution is 2.62. The molecule has 0 amide bonds. The Bertz CT molecular complexity index is 424. The molecule has 3 heteroatoms. The lowest BCUT2D eigenvalue weighted by Gasteiger charge is -2.07. The van der Waals surface area contributed by atoms with Crippen molar-refractivity contribution in [2.45, 2.75) is 40.3 Å². The van der Waals surface area contributed by atoms with Gasteiger partial charge in [-0.25, -0.2) is 8.78 Å². The maximum Gasteiger partial charge on any atom is 0.130 e. The topological polar surface area (TPSA) is 12.0 Å². The second-order valence-corrected chi connectivity index (χ2v) is 5.99. The lowest BCUT2D eigenvalue weighted by Crippen LogP contribution is -2.22. The van der Waals surface area contributed by atoms with Crippen LogP contribution in [0.2, 0.25) is 0 Å². The van der Waals surface area contributed by atoms with Gasteiger partial charge in [-0.2, -0.15) is 0 Å². The zero-order valence-corrected chi connectivity index (χ0v) is 10.8. The number of nitrogens with one attached hydrogen (secondary N) is 1. The number of halogens is 2. The normalized spacial score (nSPS) is 21.5. The molecule has 0 unspecified atom stereocenters. The van der Waals surface area contributed by atoms with Crippen molar-refractivity contribution in [3.8, 4) is 0 Å². The molecule has 0 atom stereocenters. The van der Waals surface area contributed by atoms with E-state index in [1.807, 2.05) is 0 Å². The van der Waals surface area contributed by atoms with Crippen LogP contribution in [0.4, 0.5) is 8.78 Å². The lowest BCUT2D eigenvalue weighted by atomic mass is 10.0. The SMILES string of the molecule is CC1(C)C(NCc2ccc(F)cc2F)C1(C)C. The molecule has 0 aliphatic heterocycles. The molecule has 1 N–H and O–H groups in total. The minimum Gasteiger partial charge on any atom is -0.309 e. The van der Waals surface area contributed by atoms with Crippen molar-refractivity contribution in [3.05, 3.63) is 35.4 Å². The van der Waals surface area contributed by atoms with Crippen LogP contribution < -0.4 is 5.32 Å². The fraction of sp³-hybridized carbons (Fsp3) is 0.571. The number of benzene rings is 1. The van der Waals surface area contributed by atoms with Gasteiger partial charge >= 0.3 is 0 Å². The Morgan fingerprint density at radius 3 is 2.18 bits per heavy atom. The summed E-state index contributed by atoms with van der Waals surface area (Å²) in [5.41, 5.74) is 0.970. The van der Waals surface area contributed by atoms with E-state index in [4.69, 9.17) is 0 Å². The van der Waals surface area contributed by atoms with Crippen LogP contribution in [-0.4, -0.2) is 6.04 Å². The molecule has 1 aliphatic rings. The average Bonchev–Trinajstić information content (AvgIpc) is 2.58. The first-order valence-corrected chi connectivity index (χ1v) is 5.94. The molecular formula is C14H19F2N. The van der Waals surface area contributed by atoms with Crippen LogP contribution in [0.1, 0.15) is 33.3 Å². The van der Waals surface area contributed by atoms with Crippen LogP contribution in [-0.2, 0) is 6.54 Å². The molecule has 2 rings (SSSR count). The van der Waals surface area contributed by atoms with Gasteiger partial charge in [-0.05, 0) is 16.9 Å². The van der Waals surface area contributed by atoms with Gasteiger partial charge in [0.1, 0.15) is 11.6 Å². The molecule has 0 heterocycles. The van der Waals surface area contributed by atoms with Crippen molar-refractivity contribution < 1.29 is 8.78 Å². The van der Waals surface area contributed by atoms with E-state index in [1.54, 1.807) is 0 Å². The maximum atomic E-state index is 13.4. The predicted octanol–water partition coefficient (Wildman–Crippen LogP) is 3.49. The molecule has 0 aromatic heterocycles. The minimum atomic E-state index is -0.529. The van der Waals surface area contributed by atoms with Crippen molar-refractivity contribution in [2.75, 3.05) is 0 Å². The molecule has 1 aromatic rings. The number of rotatable bonds is 3. The summed E-state index contributed by atoms with van der Waals surface area (Å²) in [5, 5.41) is 3.35. The molecule has 1 aromatic carbocycles. The van der Waals surface area contributed by atoms with E-state index in [-0.39, 0.29) is 10.8 Å². The second-order valence-electron chi connectivity index (χ2n) is 5.99. The fourth-order valence-electron chi connectivity index (χ4n) is 2.58. The quantitative estimate of drug-likeness (QED) is 0.851. The van der Waals surface area contributed by atoms with Gasteiger partial charge in [-0.1, -0.05) is 33.8 Å². The zero-order valence-electron chi connectivity index (χ0n) is 10.8. The van der Waals surface area contributed by atoms with Gasteiger partial charge in [0.15, 0.2) is 0 Å². The van der Waals surface area contributed by atoms with E-state index in [1.165, 1.54) is 12.1 Å². The molecule has 0 saturated heterocycles. The molecule has 17 heavy (non-hydrogen) atoms. The summed E-state index contributed by atoms with van der Waals surface area (Å²) in [6.07, 6.45) is 0. The highest BCUT2D eigenvalue weighted by molar-refractivity contribution is 5.22. The largest absolute Gasteiger partial charge is 0.309 e. The van der Waals surface area contributed by atoms with Crippen molar-refractivity contribution in [3.63, 3.8) is 0 Å². The average molecular weight is 239 g/mol. The Hall–Kier alpha value is -0.960. The summed E-state index contributed by atoms with van der Waals surface area (Å²) in [7, 11) is 0. The Labute approximate surface area is 101 Å². The van der Waals surface area contributed by atoms with Crippen molar-refractivity contribution in [1.82, 2.24) is 5.32 Å². The summed E-state index contributed by atoms with van der Waals surface area (Å²) in [4.78, 5) is 0. The lowest BCUT2D eigenvalue weighted by molar-refractivity contribution is 0.457. The van der Waals surface area contributed by atoms with E-state index in [0.29, 0.717) is 18.2 Å². The van der Waals surface area contributed by atoms with E-state index < -0.39 is 11.6 Å². The monoisotopic (exact) mass is 239 g/mol. The van der Waals surface area contributed by atoms with Crippen LogP contribution in [0.5, 0.6) is 0 Å². The molecule has 0 radical (unpaired) electrons. The molecule has 1 saturated carbocycles. The number of hydrogen-bond donors (Lipinski definition) is 1. The van der Waals surface area contributed by atoms with E-state index in [9.17, 15) is 8.78 Å². The van der Waals surface area contributed by atoms with Gasteiger partial charge in [0.05, 0.1) is 0 Å². The third kappa shape index (κ3) is 1.97. The van der Waals surface area contributed by atoms with Gasteiger partial charge in [0, 0.05) is 24.2 Å². The van der Waals surface area contributed by atoms with Crippen molar-refractivity contribution >= 4 is 0 Å². The molecule has 0 bridgehead atoms. The van der Waals surface area contributed by atoms with E-state index in [0.717, 1.165) is 6.07 Å². The van der Waals surface area contributed by atoms with Gasteiger partial charge in [0.2, 0.25) is 0 Å². The first kappa shape index (κ1) is 12.5. The molecule has 1 fully saturated rings. The maximum absolute atomic E-state index is 13.4. The summed E-state index contributed by atoms with van der Waals surface area (Å²) in [6, 6.07) is 4.10. The second kappa shape index (κ2) is 3.77. The minimum absolute atomic E-state index is 0.226. The van der Waals surface area contributed by atoms with Gasteiger partial charge in [-0.15, -0.1) is 0 Å².